The molecule has 6 atom stereocenters. The monoisotopic (exact) mass is 243 g/mol. The van der Waals surface area contributed by atoms with E-state index in [0.717, 1.165) is 38.5 Å². The smallest absolute Gasteiger partial charge is 0.0843 e. The van der Waals surface area contributed by atoms with Crippen LogP contribution in [-0.2, 0) is 0 Å². The zero-order chi connectivity index (χ0) is 12.4. The van der Waals surface area contributed by atoms with Crippen LogP contribution in [0.4, 0.5) is 0 Å². The molecule has 0 saturated heterocycles. The number of aliphatic hydroxyl groups excluding tert-OH is 2. The number of nitrogens with one attached hydrogen (secondary N) is 1. The van der Waals surface area contributed by atoms with Gasteiger partial charge in [-0.2, -0.15) is 0 Å². The Hall–Kier alpha value is -0.200. The molecule has 0 heterocycles. The molecule has 2 saturated carbocycles. The maximum Gasteiger partial charge on any atom is 0.0843 e. The summed E-state index contributed by atoms with van der Waals surface area (Å²) in [6.45, 7) is 0. The zero-order valence-corrected chi connectivity index (χ0v) is 10.3. The van der Waals surface area contributed by atoms with Gasteiger partial charge in [0.25, 0.3) is 0 Å². The number of nitrogens with two attached hydrogens (primary N) is 2. The van der Waals surface area contributed by atoms with Crippen molar-refractivity contribution in [1.82, 2.24) is 5.32 Å². The van der Waals surface area contributed by atoms with Gasteiger partial charge in [0.15, 0.2) is 0 Å². The maximum atomic E-state index is 10.0. The van der Waals surface area contributed by atoms with Crippen LogP contribution < -0.4 is 16.8 Å². The van der Waals surface area contributed by atoms with E-state index in [-0.39, 0.29) is 24.2 Å². The van der Waals surface area contributed by atoms with Crippen molar-refractivity contribution in [2.45, 2.75) is 74.9 Å². The van der Waals surface area contributed by atoms with Gasteiger partial charge in [0.2, 0.25) is 0 Å². The lowest BCUT2D eigenvalue weighted by Gasteiger charge is -2.40. The van der Waals surface area contributed by atoms with E-state index >= 15 is 0 Å². The second kappa shape index (κ2) is 5.63. The molecular weight excluding hydrogens is 218 g/mol. The predicted molar refractivity (Wildman–Crippen MR) is 66.4 cm³/mol. The summed E-state index contributed by atoms with van der Waals surface area (Å²) in [5, 5.41) is 23.4. The third kappa shape index (κ3) is 2.98. The average molecular weight is 243 g/mol. The van der Waals surface area contributed by atoms with Gasteiger partial charge in [0.1, 0.15) is 0 Å². The minimum Gasteiger partial charge on any atom is -0.390 e. The highest BCUT2D eigenvalue weighted by molar-refractivity contribution is 4.95. The Balaban J connectivity index is 1.90. The largest absolute Gasteiger partial charge is 0.390 e. The molecule has 0 radical (unpaired) electrons. The first-order valence-electron chi connectivity index (χ1n) is 6.73. The van der Waals surface area contributed by atoms with Gasteiger partial charge < -0.3 is 27.0 Å². The molecule has 2 rings (SSSR count). The van der Waals surface area contributed by atoms with E-state index < -0.39 is 12.2 Å². The highest BCUT2D eigenvalue weighted by atomic mass is 16.3. The lowest BCUT2D eigenvalue weighted by atomic mass is 9.84. The minimum atomic E-state index is -0.505. The SMILES string of the molecule is NC1CCCC(NC2CCCC(N)C2O)C1O. The average Bonchev–Trinajstić information content (AvgIpc) is 2.31. The van der Waals surface area contributed by atoms with Crippen LogP contribution in [0, 0.1) is 0 Å². The summed E-state index contributed by atoms with van der Waals surface area (Å²) in [5.74, 6) is 0. The summed E-state index contributed by atoms with van der Waals surface area (Å²) < 4.78 is 0. The normalized spacial score (nSPS) is 48.0. The Bertz CT molecular complexity index is 228. The van der Waals surface area contributed by atoms with Gasteiger partial charge in [-0.3, -0.25) is 0 Å². The lowest BCUT2D eigenvalue weighted by molar-refractivity contribution is 0.0277. The van der Waals surface area contributed by atoms with Crippen LogP contribution in [0.3, 0.4) is 0 Å². The molecule has 2 aliphatic rings. The maximum absolute atomic E-state index is 10.0. The number of rotatable bonds is 2. The van der Waals surface area contributed by atoms with Crippen LogP contribution in [0.5, 0.6) is 0 Å². The fraction of sp³-hybridized carbons (Fsp3) is 1.00. The van der Waals surface area contributed by atoms with Gasteiger partial charge in [-0.05, 0) is 25.7 Å². The topological polar surface area (TPSA) is 105 Å². The van der Waals surface area contributed by atoms with E-state index in [4.69, 9.17) is 11.5 Å². The van der Waals surface area contributed by atoms with E-state index in [1.165, 1.54) is 0 Å². The first-order valence-corrected chi connectivity index (χ1v) is 6.73. The molecule has 0 aromatic rings. The van der Waals surface area contributed by atoms with Crippen molar-refractivity contribution >= 4 is 0 Å². The molecule has 7 N–H and O–H groups in total. The summed E-state index contributed by atoms with van der Waals surface area (Å²) in [5.41, 5.74) is 11.7. The van der Waals surface area contributed by atoms with Crippen molar-refractivity contribution in [3.05, 3.63) is 0 Å². The van der Waals surface area contributed by atoms with Crippen molar-refractivity contribution in [3.63, 3.8) is 0 Å². The Kier molecular flexibility index (Phi) is 4.38. The molecule has 0 aromatic carbocycles. The summed E-state index contributed by atoms with van der Waals surface area (Å²) in [6, 6.07) is -0.279. The van der Waals surface area contributed by atoms with Crippen molar-refractivity contribution in [2.24, 2.45) is 11.5 Å². The van der Waals surface area contributed by atoms with Gasteiger partial charge in [0, 0.05) is 24.2 Å². The Morgan fingerprint density at radius 3 is 1.59 bits per heavy atom. The van der Waals surface area contributed by atoms with Gasteiger partial charge in [-0.25, -0.2) is 0 Å². The van der Waals surface area contributed by atoms with Crippen molar-refractivity contribution < 1.29 is 10.2 Å². The van der Waals surface area contributed by atoms with Gasteiger partial charge in [-0.15, -0.1) is 0 Å². The standard InChI is InChI=1S/C12H25N3O2/c13-7-3-1-5-9(11(7)16)15-10-6-2-4-8(14)12(10)17/h7-12,15-17H,1-6,13-14H2. The molecule has 0 spiro atoms. The van der Waals surface area contributed by atoms with E-state index in [2.05, 4.69) is 5.32 Å². The van der Waals surface area contributed by atoms with Crippen LogP contribution in [0.2, 0.25) is 0 Å². The second-order valence-corrected chi connectivity index (χ2v) is 5.55. The summed E-state index contributed by atoms with van der Waals surface area (Å²) >= 11 is 0. The molecule has 5 nitrogen and oxygen atoms in total. The summed E-state index contributed by atoms with van der Waals surface area (Å²) in [4.78, 5) is 0. The van der Waals surface area contributed by atoms with E-state index in [1.54, 1.807) is 0 Å². The zero-order valence-electron chi connectivity index (χ0n) is 10.3. The second-order valence-electron chi connectivity index (χ2n) is 5.55. The molecule has 2 aliphatic carbocycles. The molecule has 5 heteroatoms. The molecule has 2 fully saturated rings. The minimum absolute atomic E-state index is 0.00343. The van der Waals surface area contributed by atoms with Gasteiger partial charge >= 0.3 is 0 Å². The van der Waals surface area contributed by atoms with Crippen LogP contribution in [0.1, 0.15) is 38.5 Å². The molecule has 6 unspecified atom stereocenters. The number of hydrogen-bond acceptors (Lipinski definition) is 5. The quantitative estimate of drug-likeness (QED) is 0.430. The van der Waals surface area contributed by atoms with Crippen molar-refractivity contribution in [1.29, 1.82) is 0 Å². The predicted octanol–water partition coefficient (Wildman–Crippen LogP) is -0.943. The van der Waals surface area contributed by atoms with Gasteiger partial charge in [0.05, 0.1) is 12.2 Å². The van der Waals surface area contributed by atoms with Crippen LogP contribution in [0.25, 0.3) is 0 Å². The summed E-state index contributed by atoms with van der Waals surface area (Å²) in [7, 11) is 0. The lowest BCUT2D eigenvalue weighted by Crippen LogP contribution is -2.60. The Morgan fingerprint density at radius 1 is 0.765 bits per heavy atom. The van der Waals surface area contributed by atoms with E-state index in [9.17, 15) is 10.2 Å². The van der Waals surface area contributed by atoms with E-state index in [0.29, 0.717) is 0 Å². The summed E-state index contributed by atoms with van der Waals surface area (Å²) in [6.07, 6.45) is 4.66. The molecule has 17 heavy (non-hydrogen) atoms. The van der Waals surface area contributed by atoms with Crippen molar-refractivity contribution in [3.8, 4) is 0 Å². The van der Waals surface area contributed by atoms with Crippen LogP contribution in [0.15, 0.2) is 0 Å². The third-order valence-electron chi connectivity index (χ3n) is 4.24. The molecule has 0 bridgehead atoms. The van der Waals surface area contributed by atoms with Crippen molar-refractivity contribution in [2.75, 3.05) is 0 Å². The molecule has 0 aromatic heterocycles. The number of hydrogen-bond donors (Lipinski definition) is 5. The fourth-order valence-corrected chi connectivity index (χ4v) is 3.07. The molecule has 0 amide bonds. The Morgan fingerprint density at radius 2 is 1.18 bits per heavy atom. The highest BCUT2D eigenvalue weighted by Crippen LogP contribution is 2.23. The first-order chi connectivity index (χ1) is 8.09. The number of aliphatic hydroxyl groups is 2. The van der Waals surface area contributed by atoms with Gasteiger partial charge in [-0.1, -0.05) is 12.8 Å². The molecular formula is C12H25N3O2. The Labute approximate surface area is 103 Å². The molecule has 0 aliphatic heterocycles. The molecule has 100 valence electrons. The van der Waals surface area contributed by atoms with E-state index in [1.807, 2.05) is 0 Å². The fourth-order valence-electron chi connectivity index (χ4n) is 3.07. The third-order valence-corrected chi connectivity index (χ3v) is 4.24. The van der Waals surface area contributed by atoms with Crippen LogP contribution >= 0.6 is 0 Å². The first kappa shape index (κ1) is 13.2. The highest BCUT2D eigenvalue weighted by Gasteiger charge is 2.35. The van der Waals surface area contributed by atoms with Crippen LogP contribution in [-0.4, -0.2) is 46.6 Å².